The van der Waals surface area contributed by atoms with Crippen molar-refractivity contribution in [1.29, 1.82) is 0 Å². The molecule has 0 fully saturated rings. The summed E-state index contributed by atoms with van der Waals surface area (Å²) >= 11 is 17.7. The third-order valence-corrected chi connectivity index (χ3v) is 4.91. The molecule has 0 bridgehead atoms. The highest BCUT2D eigenvalue weighted by molar-refractivity contribution is 7.89. The molecule has 0 aliphatic rings. The number of nitrogens with two attached hydrogens (primary N) is 1. The van der Waals surface area contributed by atoms with E-state index in [4.69, 9.17) is 39.9 Å². The van der Waals surface area contributed by atoms with Gasteiger partial charge >= 0.3 is 0 Å². The van der Waals surface area contributed by atoms with Crippen molar-refractivity contribution >= 4 is 56.9 Å². The van der Waals surface area contributed by atoms with E-state index in [0.29, 0.717) is 15.6 Å². The highest BCUT2D eigenvalue weighted by Crippen LogP contribution is 2.23. The van der Waals surface area contributed by atoms with Crippen LogP contribution < -0.4 is 10.6 Å². The topological polar surface area (TPSA) is 102 Å². The van der Waals surface area contributed by atoms with E-state index in [0.717, 1.165) is 6.07 Å². The van der Waals surface area contributed by atoms with Gasteiger partial charge in [0.15, 0.2) is 0 Å². The van der Waals surface area contributed by atoms with Gasteiger partial charge in [-0.2, -0.15) is 5.10 Å². The zero-order valence-electron chi connectivity index (χ0n) is 11.8. The number of primary sulfonamides is 1. The number of halogens is 3. The number of nitrogens with zero attached hydrogens (tertiary/aromatic N) is 1. The largest absolute Gasteiger partial charge is 0.271 e. The van der Waals surface area contributed by atoms with Crippen LogP contribution in [-0.4, -0.2) is 20.5 Å². The predicted octanol–water partition coefficient (Wildman–Crippen LogP) is 3.06. The smallest absolute Gasteiger partial charge is 0.267 e. The Labute approximate surface area is 153 Å². The minimum Gasteiger partial charge on any atom is -0.267 e. The number of hydrogen-bond donors (Lipinski definition) is 2. The molecule has 6 nitrogen and oxygen atoms in total. The molecular weight excluding hydrogens is 397 g/mol. The second-order valence-corrected chi connectivity index (χ2v) is 7.28. The summed E-state index contributed by atoms with van der Waals surface area (Å²) in [5.74, 6) is -0.656. The fourth-order valence-electron chi connectivity index (χ4n) is 1.72. The van der Waals surface area contributed by atoms with Crippen LogP contribution in [0.1, 0.15) is 15.9 Å². The van der Waals surface area contributed by atoms with Gasteiger partial charge in [-0.05, 0) is 30.3 Å². The molecule has 2 aromatic rings. The van der Waals surface area contributed by atoms with Gasteiger partial charge in [-0.1, -0.05) is 40.9 Å². The lowest BCUT2D eigenvalue weighted by atomic mass is 10.2. The number of hydrogen-bond acceptors (Lipinski definition) is 4. The summed E-state index contributed by atoms with van der Waals surface area (Å²) in [6.07, 6.45) is 1.28. The molecule has 0 heterocycles. The molecule has 3 N–H and O–H groups in total. The van der Waals surface area contributed by atoms with Crippen LogP contribution in [0, 0.1) is 0 Å². The van der Waals surface area contributed by atoms with Crippen LogP contribution in [0.5, 0.6) is 0 Å². The van der Waals surface area contributed by atoms with Gasteiger partial charge in [0, 0.05) is 11.1 Å². The van der Waals surface area contributed by atoms with E-state index in [2.05, 4.69) is 10.5 Å². The standard InChI is InChI=1S/C14H10Cl3N3O3S/c15-10-2-1-3-11(16)9(10)7-19-20-14(21)8-4-5-12(17)13(6-8)24(18,22)23/h1-7H,(H,20,21)(H2,18,22,23)/b19-7-. The van der Waals surface area contributed by atoms with Gasteiger partial charge in [0.1, 0.15) is 4.90 Å². The van der Waals surface area contributed by atoms with E-state index in [-0.39, 0.29) is 15.5 Å². The third kappa shape index (κ3) is 4.46. The van der Waals surface area contributed by atoms with Crippen molar-refractivity contribution in [2.24, 2.45) is 10.2 Å². The van der Waals surface area contributed by atoms with Crippen LogP contribution in [0.25, 0.3) is 0 Å². The normalized spacial score (nSPS) is 11.7. The summed E-state index contributed by atoms with van der Waals surface area (Å²) in [7, 11) is -4.05. The predicted molar refractivity (Wildman–Crippen MR) is 94.3 cm³/mol. The first kappa shape index (κ1) is 18.7. The summed E-state index contributed by atoms with van der Waals surface area (Å²) in [6, 6.07) is 8.56. The van der Waals surface area contributed by atoms with Crippen LogP contribution in [-0.2, 0) is 10.0 Å². The molecule has 0 atom stereocenters. The van der Waals surface area contributed by atoms with Gasteiger partial charge < -0.3 is 0 Å². The quantitative estimate of drug-likeness (QED) is 0.602. The Kier molecular flexibility index (Phi) is 5.84. The molecule has 2 rings (SSSR count). The van der Waals surface area contributed by atoms with Crippen LogP contribution >= 0.6 is 34.8 Å². The number of sulfonamides is 1. The SMILES string of the molecule is NS(=O)(=O)c1cc(C(=O)N/N=C\c2c(Cl)cccc2Cl)ccc1Cl. The second kappa shape index (κ2) is 7.50. The summed E-state index contributed by atoms with van der Waals surface area (Å²) < 4.78 is 22.8. The van der Waals surface area contributed by atoms with Crippen molar-refractivity contribution in [2.75, 3.05) is 0 Å². The van der Waals surface area contributed by atoms with Crippen LogP contribution in [0.4, 0.5) is 0 Å². The Balaban J connectivity index is 2.21. The van der Waals surface area contributed by atoms with Gasteiger partial charge in [0.25, 0.3) is 5.91 Å². The molecular formula is C14H10Cl3N3O3S. The molecule has 0 radical (unpaired) electrons. The highest BCUT2D eigenvalue weighted by atomic mass is 35.5. The summed E-state index contributed by atoms with van der Waals surface area (Å²) in [5, 5.41) is 9.43. The Bertz CT molecular complexity index is 910. The minimum absolute atomic E-state index is 0.0193. The summed E-state index contributed by atoms with van der Waals surface area (Å²) in [4.78, 5) is 11.7. The monoisotopic (exact) mass is 405 g/mol. The minimum atomic E-state index is -4.05. The highest BCUT2D eigenvalue weighted by Gasteiger charge is 2.16. The fraction of sp³-hybridized carbons (Fsp3) is 0. The Morgan fingerprint density at radius 1 is 1.08 bits per heavy atom. The van der Waals surface area contributed by atoms with Crippen molar-refractivity contribution in [3.05, 3.63) is 62.6 Å². The molecule has 1 amide bonds. The molecule has 0 saturated heterocycles. The van der Waals surface area contributed by atoms with Crippen molar-refractivity contribution < 1.29 is 13.2 Å². The number of hydrazone groups is 1. The maximum Gasteiger partial charge on any atom is 0.271 e. The molecule has 0 spiro atoms. The number of rotatable bonds is 4. The lowest BCUT2D eigenvalue weighted by Gasteiger charge is -2.05. The van der Waals surface area contributed by atoms with E-state index in [1.807, 2.05) is 0 Å². The Hall–Kier alpha value is -1.64. The number of benzene rings is 2. The number of carbonyl (C=O) groups excluding carboxylic acids is 1. The molecule has 0 aromatic heterocycles. The van der Waals surface area contributed by atoms with E-state index in [1.54, 1.807) is 18.2 Å². The fourth-order valence-corrected chi connectivity index (χ4v) is 3.28. The van der Waals surface area contributed by atoms with Crippen molar-refractivity contribution in [1.82, 2.24) is 5.43 Å². The molecule has 126 valence electrons. The lowest BCUT2D eigenvalue weighted by molar-refractivity contribution is 0.0955. The van der Waals surface area contributed by atoms with Gasteiger partial charge in [-0.3, -0.25) is 4.79 Å². The van der Waals surface area contributed by atoms with E-state index in [1.165, 1.54) is 18.3 Å². The zero-order valence-corrected chi connectivity index (χ0v) is 14.9. The Morgan fingerprint density at radius 2 is 1.71 bits per heavy atom. The first-order valence-corrected chi connectivity index (χ1v) is 8.98. The van der Waals surface area contributed by atoms with Crippen LogP contribution in [0.2, 0.25) is 15.1 Å². The molecule has 0 saturated carbocycles. The van der Waals surface area contributed by atoms with Crippen molar-refractivity contribution in [2.45, 2.75) is 4.90 Å². The van der Waals surface area contributed by atoms with Gasteiger partial charge in [0.05, 0.1) is 21.3 Å². The first-order chi connectivity index (χ1) is 11.2. The van der Waals surface area contributed by atoms with Crippen LogP contribution in [0.3, 0.4) is 0 Å². The first-order valence-electron chi connectivity index (χ1n) is 6.30. The van der Waals surface area contributed by atoms with Gasteiger partial charge in [-0.15, -0.1) is 0 Å². The third-order valence-electron chi connectivity index (χ3n) is 2.86. The van der Waals surface area contributed by atoms with Crippen LogP contribution in [0.15, 0.2) is 46.4 Å². The van der Waals surface area contributed by atoms with Gasteiger partial charge in [-0.25, -0.2) is 19.0 Å². The lowest BCUT2D eigenvalue weighted by Crippen LogP contribution is -2.19. The van der Waals surface area contributed by atoms with Gasteiger partial charge in [0.2, 0.25) is 10.0 Å². The zero-order chi connectivity index (χ0) is 17.9. The van der Waals surface area contributed by atoms with Crippen molar-refractivity contribution in [3.8, 4) is 0 Å². The number of nitrogens with one attached hydrogen (secondary N) is 1. The van der Waals surface area contributed by atoms with E-state index < -0.39 is 15.9 Å². The maximum absolute atomic E-state index is 12.0. The molecule has 0 aliphatic carbocycles. The molecule has 2 aromatic carbocycles. The number of amides is 1. The van der Waals surface area contributed by atoms with Crippen molar-refractivity contribution in [3.63, 3.8) is 0 Å². The molecule has 24 heavy (non-hydrogen) atoms. The second-order valence-electron chi connectivity index (χ2n) is 4.52. The summed E-state index contributed by atoms with van der Waals surface area (Å²) in [6.45, 7) is 0. The molecule has 0 unspecified atom stereocenters. The van der Waals surface area contributed by atoms with E-state index in [9.17, 15) is 13.2 Å². The molecule has 0 aliphatic heterocycles. The Morgan fingerprint density at radius 3 is 2.29 bits per heavy atom. The maximum atomic E-state index is 12.0. The average Bonchev–Trinajstić information content (AvgIpc) is 2.49. The average molecular weight is 407 g/mol. The number of carbonyl (C=O) groups is 1. The van der Waals surface area contributed by atoms with E-state index >= 15 is 0 Å². The molecule has 10 heteroatoms. The summed E-state index contributed by atoms with van der Waals surface area (Å²) in [5.41, 5.74) is 2.69.